The van der Waals surface area contributed by atoms with Crippen LogP contribution in [-0.2, 0) is 19.7 Å². The van der Waals surface area contributed by atoms with E-state index in [4.69, 9.17) is 15.8 Å². The molecule has 0 unspecified atom stereocenters. The van der Waals surface area contributed by atoms with Gasteiger partial charge in [-0.05, 0) is 60.5 Å². The molecule has 1 aliphatic heterocycles. The van der Waals surface area contributed by atoms with E-state index in [9.17, 15) is 22.8 Å². The third-order valence-corrected chi connectivity index (χ3v) is 6.44. The number of urea groups is 1. The number of nitrogens with zero attached hydrogens (tertiary/aromatic N) is 1. The first-order valence-corrected chi connectivity index (χ1v) is 11.7. The summed E-state index contributed by atoms with van der Waals surface area (Å²) in [5, 5.41) is 2.47. The summed E-state index contributed by atoms with van der Waals surface area (Å²) in [4.78, 5) is 38.7. The Labute approximate surface area is 200 Å². The molecule has 0 aromatic heterocycles. The number of halogens is 1. The smallest absolute Gasteiger partial charge is 0.339 e. The molecule has 1 N–H and O–H groups in total. The second-order valence-corrected chi connectivity index (χ2v) is 9.29. The second-order valence-electron chi connectivity index (χ2n) is 7.31. The highest BCUT2D eigenvalue weighted by Crippen LogP contribution is 2.28. The average Bonchev–Trinajstić information content (AvgIpc) is 2.80. The van der Waals surface area contributed by atoms with Gasteiger partial charge in [0.1, 0.15) is 16.2 Å². The van der Waals surface area contributed by atoms with E-state index in [0.29, 0.717) is 16.1 Å². The van der Waals surface area contributed by atoms with Crippen LogP contribution < -0.4 is 14.4 Å². The molecule has 8 nitrogen and oxygen atoms in total. The number of nitrogens with one attached hydrogen (secondary N) is 1. The van der Waals surface area contributed by atoms with Gasteiger partial charge in [-0.3, -0.25) is 14.9 Å². The van der Waals surface area contributed by atoms with E-state index in [0.717, 1.165) is 4.90 Å². The van der Waals surface area contributed by atoms with Crippen LogP contribution in [0.15, 0.2) is 83.3 Å². The van der Waals surface area contributed by atoms with Crippen molar-refractivity contribution in [2.24, 2.45) is 0 Å². The fourth-order valence-corrected chi connectivity index (χ4v) is 4.37. The van der Waals surface area contributed by atoms with Crippen molar-refractivity contribution in [1.82, 2.24) is 5.32 Å². The van der Waals surface area contributed by atoms with Crippen molar-refractivity contribution in [3.8, 4) is 5.75 Å². The van der Waals surface area contributed by atoms with E-state index in [1.54, 1.807) is 37.3 Å². The van der Waals surface area contributed by atoms with Crippen LogP contribution in [0.1, 0.15) is 11.1 Å². The molecule has 1 saturated heterocycles. The Morgan fingerprint density at radius 1 is 0.941 bits per heavy atom. The number of anilines is 1. The Bertz CT molecular complexity index is 1430. The van der Waals surface area contributed by atoms with Crippen LogP contribution in [0.4, 0.5) is 10.5 Å². The first-order valence-electron chi connectivity index (χ1n) is 9.93. The van der Waals surface area contributed by atoms with Crippen LogP contribution in [0.2, 0.25) is 5.02 Å². The molecule has 0 radical (unpaired) electrons. The fourth-order valence-electron chi connectivity index (χ4n) is 3.25. The lowest BCUT2D eigenvalue weighted by Crippen LogP contribution is -2.54. The van der Waals surface area contributed by atoms with Gasteiger partial charge in [-0.1, -0.05) is 48.0 Å². The van der Waals surface area contributed by atoms with Gasteiger partial charge in [0.25, 0.3) is 11.8 Å². The minimum atomic E-state index is -4.01. The second kappa shape index (κ2) is 9.12. The Morgan fingerprint density at radius 3 is 2.29 bits per heavy atom. The van der Waals surface area contributed by atoms with Crippen LogP contribution in [0.25, 0.3) is 6.08 Å². The van der Waals surface area contributed by atoms with Gasteiger partial charge in [0.2, 0.25) is 0 Å². The molecule has 4 amide bonds. The van der Waals surface area contributed by atoms with Gasteiger partial charge in [-0.15, -0.1) is 0 Å². The number of rotatable bonds is 5. The monoisotopic (exact) mass is 496 g/mol. The summed E-state index contributed by atoms with van der Waals surface area (Å²) >= 11 is 6.02. The zero-order valence-corrected chi connectivity index (χ0v) is 19.3. The molecule has 4 rings (SSSR count). The highest BCUT2D eigenvalue weighted by molar-refractivity contribution is 7.87. The SMILES string of the molecule is Cc1ccc(Cl)cc1N1C(=O)NC(=O)/C(=C\c2ccc(OS(=O)(=O)c3ccccc3)cc2)C1=O. The van der Waals surface area contributed by atoms with E-state index < -0.39 is 28.0 Å². The molecule has 3 aromatic carbocycles. The van der Waals surface area contributed by atoms with Gasteiger partial charge in [0.15, 0.2) is 0 Å². The minimum absolute atomic E-state index is 0.00624. The third-order valence-electron chi connectivity index (χ3n) is 4.94. The molecule has 1 aliphatic rings. The summed E-state index contributed by atoms with van der Waals surface area (Å²) in [7, 11) is -4.01. The summed E-state index contributed by atoms with van der Waals surface area (Å²) < 4.78 is 29.9. The standard InChI is InChI=1S/C24H17ClN2O6S/c1-15-7-10-17(25)14-21(15)27-23(29)20(22(28)26-24(27)30)13-16-8-11-18(12-9-16)33-34(31,32)19-5-3-2-4-6-19/h2-14H,1H3,(H,26,28,30)/b20-13+. The quantitative estimate of drug-likeness (QED) is 0.324. The van der Waals surface area contributed by atoms with Crippen LogP contribution in [0.3, 0.4) is 0 Å². The lowest BCUT2D eigenvalue weighted by molar-refractivity contribution is -0.122. The van der Waals surface area contributed by atoms with Crippen LogP contribution >= 0.6 is 11.6 Å². The molecule has 1 fully saturated rings. The van der Waals surface area contributed by atoms with Crippen LogP contribution in [-0.4, -0.2) is 26.3 Å². The Balaban J connectivity index is 1.60. The van der Waals surface area contributed by atoms with E-state index in [1.807, 2.05) is 0 Å². The minimum Gasteiger partial charge on any atom is -0.379 e. The maximum Gasteiger partial charge on any atom is 0.339 e. The first-order chi connectivity index (χ1) is 16.2. The lowest BCUT2D eigenvalue weighted by atomic mass is 10.1. The van der Waals surface area contributed by atoms with E-state index >= 15 is 0 Å². The average molecular weight is 497 g/mol. The van der Waals surface area contributed by atoms with Crippen molar-refractivity contribution >= 4 is 51.3 Å². The van der Waals surface area contributed by atoms with Crippen LogP contribution in [0, 0.1) is 6.92 Å². The Kier molecular flexibility index (Phi) is 6.23. The summed E-state index contributed by atoms with van der Waals surface area (Å²) in [6.07, 6.45) is 1.30. The van der Waals surface area contributed by atoms with E-state index in [2.05, 4.69) is 5.32 Å². The zero-order chi connectivity index (χ0) is 24.5. The van der Waals surface area contributed by atoms with Gasteiger partial charge < -0.3 is 4.18 Å². The topological polar surface area (TPSA) is 110 Å². The van der Waals surface area contributed by atoms with Crippen molar-refractivity contribution in [3.63, 3.8) is 0 Å². The van der Waals surface area contributed by atoms with Crippen molar-refractivity contribution < 1.29 is 27.0 Å². The summed E-state index contributed by atoms with van der Waals surface area (Å²) in [6.45, 7) is 1.70. The number of amides is 4. The third kappa shape index (κ3) is 4.70. The van der Waals surface area contributed by atoms with Crippen molar-refractivity contribution in [1.29, 1.82) is 0 Å². The van der Waals surface area contributed by atoms with Gasteiger partial charge in [0, 0.05) is 5.02 Å². The number of hydrogen-bond acceptors (Lipinski definition) is 6. The lowest BCUT2D eigenvalue weighted by Gasteiger charge is -2.27. The maximum atomic E-state index is 13.1. The number of benzene rings is 3. The van der Waals surface area contributed by atoms with Gasteiger partial charge in [0.05, 0.1) is 5.69 Å². The molecule has 0 atom stereocenters. The van der Waals surface area contributed by atoms with Crippen LogP contribution in [0.5, 0.6) is 5.75 Å². The molecule has 34 heavy (non-hydrogen) atoms. The number of barbiturate groups is 1. The van der Waals surface area contributed by atoms with Gasteiger partial charge in [-0.25, -0.2) is 9.69 Å². The molecule has 0 bridgehead atoms. The molecular weight excluding hydrogens is 480 g/mol. The van der Waals surface area contributed by atoms with E-state index in [1.165, 1.54) is 48.5 Å². The molecule has 0 saturated carbocycles. The predicted octanol–water partition coefficient (Wildman–Crippen LogP) is 4.08. The maximum absolute atomic E-state index is 13.1. The molecule has 10 heteroatoms. The van der Waals surface area contributed by atoms with Crippen molar-refractivity contribution in [2.75, 3.05) is 4.90 Å². The van der Waals surface area contributed by atoms with Gasteiger partial charge >= 0.3 is 16.1 Å². The summed E-state index contributed by atoms with van der Waals surface area (Å²) in [5.74, 6) is -1.61. The molecule has 172 valence electrons. The first kappa shape index (κ1) is 23.2. The normalized spacial score (nSPS) is 15.4. The highest BCUT2D eigenvalue weighted by Gasteiger charge is 2.37. The number of carbonyl (C=O) groups excluding carboxylic acids is 3. The molecule has 1 heterocycles. The predicted molar refractivity (Wildman–Crippen MR) is 126 cm³/mol. The number of aryl methyl sites for hydroxylation is 1. The Morgan fingerprint density at radius 2 is 1.62 bits per heavy atom. The molecule has 3 aromatic rings. The fraction of sp³-hybridized carbons (Fsp3) is 0.0417. The Hall–Kier alpha value is -3.95. The summed E-state index contributed by atoms with van der Waals surface area (Å²) in [6, 6.07) is 17.3. The molecular formula is C24H17ClN2O6S. The molecule has 0 aliphatic carbocycles. The number of imide groups is 2. The van der Waals surface area contributed by atoms with Crippen molar-refractivity contribution in [3.05, 3.63) is 94.5 Å². The number of hydrogen-bond donors (Lipinski definition) is 1. The largest absolute Gasteiger partial charge is 0.379 e. The number of carbonyl (C=O) groups is 3. The van der Waals surface area contributed by atoms with E-state index in [-0.39, 0.29) is 21.9 Å². The van der Waals surface area contributed by atoms with Gasteiger partial charge in [-0.2, -0.15) is 8.42 Å². The highest BCUT2D eigenvalue weighted by atomic mass is 35.5. The summed E-state index contributed by atoms with van der Waals surface area (Å²) in [5.41, 5.74) is 1.01. The molecule has 0 spiro atoms. The van der Waals surface area contributed by atoms with Crippen molar-refractivity contribution in [2.45, 2.75) is 11.8 Å². The zero-order valence-electron chi connectivity index (χ0n) is 17.7.